The lowest BCUT2D eigenvalue weighted by Gasteiger charge is -2.08. The average molecular weight is 284 g/mol. The lowest BCUT2D eigenvalue weighted by molar-refractivity contribution is 0.0695. The van der Waals surface area contributed by atoms with E-state index in [9.17, 15) is 9.59 Å². The molecule has 1 aromatic heterocycles. The highest BCUT2D eigenvalue weighted by Gasteiger charge is 2.11. The van der Waals surface area contributed by atoms with Crippen molar-refractivity contribution in [2.75, 3.05) is 6.54 Å². The Morgan fingerprint density at radius 2 is 1.95 bits per heavy atom. The van der Waals surface area contributed by atoms with Gasteiger partial charge in [-0.25, -0.2) is 4.79 Å². The van der Waals surface area contributed by atoms with Gasteiger partial charge in [-0.2, -0.15) is 0 Å². The van der Waals surface area contributed by atoms with Crippen LogP contribution in [0.25, 0.3) is 0 Å². The van der Waals surface area contributed by atoms with Gasteiger partial charge >= 0.3 is 5.97 Å². The normalized spacial score (nSPS) is 10.1. The van der Waals surface area contributed by atoms with Crippen molar-refractivity contribution in [3.63, 3.8) is 0 Å². The zero-order chi connectivity index (χ0) is 15.2. The molecule has 5 heteroatoms. The molecule has 108 valence electrons. The number of carboxylic acid groups (broad SMARTS) is 1. The third kappa shape index (κ3) is 3.66. The van der Waals surface area contributed by atoms with Gasteiger partial charge in [-0.1, -0.05) is 24.3 Å². The number of nitrogens with one attached hydrogen (secondary N) is 1. The Morgan fingerprint density at radius 3 is 2.67 bits per heavy atom. The van der Waals surface area contributed by atoms with Gasteiger partial charge in [-0.15, -0.1) is 0 Å². The van der Waals surface area contributed by atoms with Crippen molar-refractivity contribution < 1.29 is 14.7 Å². The second-order valence-corrected chi connectivity index (χ2v) is 4.64. The number of amides is 1. The van der Waals surface area contributed by atoms with Crippen LogP contribution < -0.4 is 5.32 Å². The molecule has 0 aliphatic rings. The number of rotatable bonds is 5. The molecule has 1 amide bonds. The van der Waals surface area contributed by atoms with Gasteiger partial charge in [-0.05, 0) is 36.6 Å². The van der Waals surface area contributed by atoms with Crippen LogP contribution in [0.15, 0.2) is 42.6 Å². The van der Waals surface area contributed by atoms with Gasteiger partial charge in [-0.3, -0.25) is 9.78 Å². The molecule has 2 N–H and O–H groups in total. The Labute approximate surface area is 122 Å². The molecule has 21 heavy (non-hydrogen) atoms. The predicted molar refractivity (Wildman–Crippen MR) is 78.4 cm³/mol. The Balaban J connectivity index is 1.98. The van der Waals surface area contributed by atoms with Crippen molar-refractivity contribution in [3.05, 3.63) is 65.0 Å². The number of carboxylic acids is 1. The smallest absolute Gasteiger partial charge is 0.335 e. The van der Waals surface area contributed by atoms with Gasteiger partial charge in [0.25, 0.3) is 5.91 Å². The van der Waals surface area contributed by atoms with E-state index < -0.39 is 5.97 Å². The quantitative estimate of drug-likeness (QED) is 0.880. The molecule has 2 aromatic rings. The first-order valence-corrected chi connectivity index (χ1v) is 6.60. The lowest BCUT2D eigenvalue weighted by atomic mass is 10.0. The van der Waals surface area contributed by atoms with Crippen LogP contribution in [0.4, 0.5) is 0 Å². The number of hydrogen-bond donors (Lipinski definition) is 2. The molecule has 0 bridgehead atoms. The second-order valence-electron chi connectivity index (χ2n) is 4.64. The molecule has 0 saturated heterocycles. The van der Waals surface area contributed by atoms with Crippen LogP contribution in [0.3, 0.4) is 0 Å². The Kier molecular flexibility index (Phi) is 4.66. The largest absolute Gasteiger partial charge is 0.478 e. The monoisotopic (exact) mass is 284 g/mol. The Bertz CT molecular complexity index is 668. The van der Waals surface area contributed by atoms with Crippen molar-refractivity contribution in [1.29, 1.82) is 0 Å². The number of pyridine rings is 1. The maximum Gasteiger partial charge on any atom is 0.335 e. The summed E-state index contributed by atoms with van der Waals surface area (Å²) in [6.07, 6.45) is 2.03. The number of aromatic carboxylic acids is 1. The molecule has 0 spiro atoms. The zero-order valence-corrected chi connectivity index (χ0v) is 11.7. The first-order valence-electron chi connectivity index (χ1n) is 6.60. The molecule has 0 atom stereocenters. The van der Waals surface area contributed by atoms with Crippen LogP contribution >= 0.6 is 0 Å². The summed E-state index contributed by atoms with van der Waals surface area (Å²) in [5.74, 6) is -1.21. The van der Waals surface area contributed by atoms with Crippen molar-refractivity contribution in [3.8, 4) is 0 Å². The van der Waals surface area contributed by atoms with Crippen molar-refractivity contribution in [2.45, 2.75) is 13.3 Å². The number of carbonyl (C=O) groups is 2. The van der Waals surface area contributed by atoms with Gasteiger partial charge in [0.15, 0.2) is 0 Å². The summed E-state index contributed by atoms with van der Waals surface area (Å²) in [7, 11) is 0. The molecule has 5 nitrogen and oxygen atoms in total. The van der Waals surface area contributed by atoms with E-state index in [1.165, 1.54) is 0 Å². The number of hydrogen-bond acceptors (Lipinski definition) is 3. The minimum absolute atomic E-state index is 0.249. The van der Waals surface area contributed by atoms with Crippen LogP contribution in [0.5, 0.6) is 0 Å². The van der Waals surface area contributed by atoms with E-state index >= 15 is 0 Å². The SMILES string of the molecule is Cc1cccnc1C(=O)NCCc1ccccc1C(=O)O. The highest BCUT2D eigenvalue weighted by molar-refractivity contribution is 5.93. The molecule has 0 fully saturated rings. The van der Waals surface area contributed by atoms with Gasteiger partial charge in [0.2, 0.25) is 0 Å². The van der Waals surface area contributed by atoms with Crippen LogP contribution in [0.1, 0.15) is 32.0 Å². The minimum Gasteiger partial charge on any atom is -0.478 e. The summed E-state index contributed by atoms with van der Waals surface area (Å²) in [5.41, 5.74) is 2.16. The van der Waals surface area contributed by atoms with Crippen LogP contribution in [-0.2, 0) is 6.42 Å². The van der Waals surface area contributed by atoms with Gasteiger partial charge in [0, 0.05) is 12.7 Å². The number of nitrogens with zero attached hydrogens (tertiary/aromatic N) is 1. The van der Waals surface area contributed by atoms with E-state index in [4.69, 9.17) is 5.11 Å². The van der Waals surface area contributed by atoms with E-state index in [-0.39, 0.29) is 11.5 Å². The zero-order valence-electron chi connectivity index (χ0n) is 11.7. The summed E-state index contributed by atoms with van der Waals surface area (Å²) in [6.45, 7) is 2.18. The number of aryl methyl sites for hydroxylation is 1. The average Bonchev–Trinajstić information content (AvgIpc) is 2.48. The van der Waals surface area contributed by atoms with Crippen LogP contribution in [-0.4, -0.2) is 28.5 Å². The fraction of sp³-hybridized carbons (Fsp3) is 0.188. The third-order valence-electron chi connectivity index (χ3n) is 3.15. The minimum atomic E-state index is -0.961. The van der Waals surface area contributed by atoms with Crippen LogP contribution in [0.2, 0.25) is 0 Å². The van der Waals surface area contributed by atoms with Gasteiger partial charge in [0.1, 0.15) is 5.69 Å². The Hall–Kier alpha value is -2.69. The first kappa shape index (κ1) is 14.7. The molecular weight excluding hydrogens is 268 g/mol. The van der Waals surface area contributed by atoms with Crippen molar-refractivity contribution in [2.24, 2.45) is 0 Å². The molecule has 0 radical (unpaired) electrons. The fourth-order valence-corrected chi connectivity index (χ4v) is 2.06. The van der Waals surface area contributed by atoms with E-state index in [1.54, 1.807) is 36.5 Å². The van der Waals surface area contributed by atoms with Crippen LogP contribution in [0, 0.1) is 6.92 Å². The van der Waals surface area contributed by atoms with E-state index in [0.717, 1.165) is 5.56 Å². The third-order valence-corrected chi connectivity index (χ3v) is 3.15. The molecule has 0 unspecified atom stereocenters. The van der Waals surface area contributed by atoms with E-state index in [1.807, 2.05) is 13.0 Å². The fourth-order valence-electron chi connectivity index (χ4n) is 2.06. The highest BCUT2D eigenvalue weighted by Crippen LogP contribution is 2.09. The lowest BCUT2D eigenvalue weighted by Crippen LogP contribution is -2.27. The summed E-state index contributed by atoms with van der Waals surface area (Å²) in [6, 6.07) is 10.4. The standard InChI is InChI=1S/C16H16N2O3/c1-11-5-4-9-17-14(11)15(19)18-10-8-12-6-2-3-7-13(12)16(20)21/h2-7,9H,8,10H2,1H3,(H,18,19)(H,20,21). The first-order chi connectivity index (χ1) is 10.1. The van der Waals surface area contributed by atoms with Crippen molar-refractivity contribution in [1.82, 2.24) is 10.3 Å². The highest BCUT2D eigenvalue weighted by atomic mass is 16.4. The number of benzene rings is 1. The van der Waals surface area contributed by atoms with Gasteiger partial charge < -0.3 is 10.4 Å². The molecule has 2 rings (SSSR count). The maximum absolute atomic E-state index is 12.0. The molecule has 1 aromatic carbocycles. The van der Waals surface area contributed by atoms with E-state index in [0.29, 0.717) is 24.2 Å². The molecule has 0 saturated carbocycles. The number of aromatic nitrogens is 1. The predicted octanol–water partition coefficient (Wildman–Crippen LogP) is 2.06. The molecular formula is C16H16N2O3. The summed E-state index contributed by atoms with van der Waals surface area (Å²) >= 11 is 0. The topological polar surface area (TPSA) is 79.3 Å². The van der Waals surface area contributed by atoms with E-state index in [2.05, 4.69) is 10.3 Å². The summed E-state index contributed by atoms with van der Waals surface area (Å²) < 4.78 is 0. The summed E-state index contributed by atoms with van der Waals surface area (Å²) in [4.78, 5) is 27.1. The maximum atomic E-state index is 12.0. The molecule has 0 aliphatic carbocycles. The van der Waals surface area contributed by atoms with Gasteiger partial charge in [0.05, 0.1) is 5.56 Å². The molecule has 1 heterocycles. The van der Waals surface area contributed by atoms with Crippen molar-refractivity contribution >= 4 is 11.9 Å². The molecule has 0 aliphatic heterocycles. The second kappa shape index (κ2) is 6.65. The Morgan fingerprint density at radius 1 is 1.19 bits per heavy atom. The summed E-state index contributed by atoms with van der Waals surface area (Å²) in [5, 5.41) is 11.9. The number of carbonyl (C=O) groups excluding carboxylic acids is 1.